The Labute approximate surface area is 59.3 Å². The van der Waals surface area contributed by atoms with Crippen molar-refractivity contribution < 1.29 is 17.6 Å². The van der Waals surface area contributed by atoms with Crippen LogP contribution < -0.4 is 0 Å². The third-order valence-corrected chi connectivity index (χ3v) is 1.60. The average molecular weight is 172 g/mol. The largest absolute Gasteiger partial charge is 0.385 e. The summed E-state index contributed by atoms with van der Waals surface area (Å²) in [5.41, 5.74) is 0. The second-order valence-corrected chi connectivity index (χ2v) is 7.38. The second-order valence-electron chi connectivity index (χ2n) is 2.92. The predicted molar refractivity (Wildman–Crippen MR) is 35.3 cm³/mol. The van der Waals surface area contributed by atoms with Gasteiger partial charge in [-0.05, 0) is 19.6 Å². The van der Waals surface area contributed by atoms with E-state index in [0.29, 0.717) is 0 Å². The first-order valence-electron chi connectivity index (χ1n) is 2.93. The van der Waals surface area contributed by atoms with Gasteiger partial charge in [0.25, 0.3) is 12.8 Å². The highest BCUT2D eigenvalue weighted by Gasteiger charge is 2.27. The molecule has 1 unspecified atom stereocenters. The van der Waals surface area contributed by atoms with E-state index in [1.165, 1.54) is 0 Å². The van der Waals surface area contributed by atoms with Gasteiger partial charge >= 0.3 is 0 Å². The predicted octanol–water partition coefficient (Wildman–Crippen LogP) is 2.40. The minimum atomic E-state index is -3.02. The van der Waals surface area contributed by atoms with Crippen LogP contribution in [0.2, 0.25) is 19.6 Å². The van der Waals surface area contributed by atoms with Crippen molar-refractivity contribution in [1.82, 2.24) is 0 Å². The SMILES string of the molecule is C[Si](C)(C)OC(F)C(F)F. The van der Waals surface area contributed by atoms with Gasteiger partial charge in [0.05, 0.1) is 0 Å². The monoisotopic (exact) mass is 172 g/mol. The van der Waals surface area contributed by atoms with Gasteiger partial charge in [0.15, 0.2) is 8.32 Å². The maximum absolute atomic E-state index is 12.1. The van der Waals surface area contributed by atoms with Crippen LogP contribution in [0.1, 0.15) is 0 Å². The van der Waals surface area contributed by atoms with Crippen LogP contribution >= 0.6 is 0 Å². The Kier molecular flexibility index (Phi) is 3.37. The van der Waals surface area contributed by atoms with E-state index in [1.807, 2.05) is 0 Å². The standard InChI is InChI=1S/C5H11F3OSi/c1-10(2,3)9-5(8)4(6)7/h4-5H,1-3H3. The summed E-state index contributed by atoms with van der Waals surface area (Å²) >= 11 is 0. The molecule has 0 aromatic carbocycles. The molecule has 5 heteroatoms. The van der Waals surface area contributed by atoms with Crippen LogP contribution in [0, 0.1) is 0 Å². The second kappa shape index (κ2) is 3.38. The molecule has 0 saturated carbocycles. The van der Waals surface area contributed by atoms with Gasteiger partial charge in [-0.1, -0.05) is 0 Å². The Morgan fingerprint density at radius 1 is 1.10 bits per heavy atom. The highest BCUT2D eigenvalue weighted by molar-refractivity contribution is 6.69. The molecule has 1 atom stereocenters. The minimum absolute atomic E-state index is 1.65. The third kappa shape index (κ3) is 4.81. The van der Waals surface area contributed by atoms with Crippen molar-refractivity contribution in [2.75, 3.05) is 0 Å². The van der Waals surface area contributed by atoms with Gasteiger partial charge in [-0.3, -0.25) is 0 Å². The summed E-state index contributed by atoms with van der Waals surface area (Å²) in [7, 11) is -2.14. The molecule has 0 aliphatic heterocycles. The van der Waals surface area contributed by atoms with Crippen molar-refractivity contribution in [2.45, 2.75) is 32.4 Å². The van der Waals surface area contributed by atoms with E-state index in [2.05, 4.69) is 4.43 Å². The Balaban J connectivity index is 3.68. The fraction of sp³-hybridized carbons (Fsp3) is 1.00. The molecule has 62 valence electrons. The summed E-state index contributed by atoms with van der Waals surface area (Å²) in [6, 6.07) is 0. The summed E-state index contributed by atoms with van der Waals surface area (Å²) in [4.78, 5) is 0. The normalized spacial score (nSPS) is 15.9. The molecule has 0 amide bonds. The van der Waals surface area contributed by atoms with Crippen molar-refractivity contribution >= 4 is 8.32 Å². The van der Waals surface area contributed by atoms with Crippen LogP contribution in [-0.2, 0) is 4.43 Å². The molecule has 0 aliphatic rings. The molecule has 0 saturated heterocycles. The zero-order chi connectivity index (χ0) is 8.36. The Bertz CT molecular complexity index is 102. The maximum atomic E-state index is 12.1. The molecular formula is C5H11F3OSi. The summed E-state index contributed by atoms with van der Waals surface area (Å²) in [5.74, 6) is 0. The zero-order valence-electron chi connectivity index (χ0n) is 6.20. The first kappa shape index (κ1) is 9.97. The van der Waals surface area contributed by atoms with E-state index < -0.39 is 21.1 Å². The summed E-state index contributed by atoms with van der Waals surface area (Å²) in [6.45, 7) is 4.96. The summed E-state index contributed by atoms with van der Waals surface area (Å²) in [6.07, 6.45) is -5.43. The molecule has 0 aromatic heterocycles. The number of halogens is 3. The van der Waals surface area contributed by atoms with Crippen LogP contribution in [-0.4, -0.2) is 21.1 Å². The molecule has 0 aromatic rings. The van der Waals surface area contributed by atoms with Gasteiger partial charge in [0.2, 0.25) is 0 Å². The van der Waals surface area contributed by atoms with E-state index in [0.717, 1.165) is 0 Å². The first-order chi connectivity index (χ1) is 4.33. The van der Waals surface area contributed by atoms with Crippen molar-refractivity contribution in [3.8, 4) is 0 Å². The van der Waals surface area contributed by atoms with Crippen molar-refractivity contribution in [2.24, 2.45) is 0 Å². The number of hydrogen-bond donors (Lipinski definition) is 0. The lowest BCUT2D eigenvalue weighted by Gasteiger charge is -2.19. The van der Waals surface area contributed by atoms with E-state index in [-0.39, 0.29) is 0 Å². The fourth-order valence-electron chi connectivity index (χ4n) is 0.389. The first-order valence-corrected chi connectivity index (χ1v) is 6.34. The van der Waals surface area contributed by atoms with Crippen molar-refractivity contribution in [1.29, 1.82) is 0 Å². The lowest BCUT2D eigenvalue weighted by atomic mass is 10.7. The molecule has 0 heterocycles. The van der Waals surface area contributed by atoms with E-state index in [4.69, 9.17) is 0 Å². The van der Waals surface area contributed by atoms with Gasteiger partial charge in [0, 0.05) is 0 Å². The maximum Gasteiger partial charge on any atom is 0.292 e. The minimum Gasteiger partial charge on any atom is -0.385 e. The molecule has 0 fully saturated rings. The van der Waals surface area contributed by atoms with Gasteiger partial charge in [0.1, 0.15) is 0 Å². The smallest absolute Gasteiger partial charge is 0.292 e. The van der Waals surface area contributed by atoms with Crippen LogP contribution in [0.4, 0.5) is 13.2 Å². The van der Waals surface area contributed by atoms with Gasteiger partial charge in [-0.15, -0.1) is 0 Å². The van der Waals surface area contributed by atoms with Crippen molar-refractivity contribution in [3.63, 3.8) is 0 Å². The molecule has 0 N–H and O–H groups in total. The van der Waals surface area contributed by atoms with Crippen LogP contribution in [0.5, 0.6) is 0 Å². The average Bonchev–Trinajstić information content (AvgIpc) is 1.60. The summed E-state index contributed by atoms with van der Waals surface area (Å²) < 4.78 is 39.5. The molecule has 0 radical (unpaired) electrons. The Morgan fingerprint density at radius 2 is 1.50 bits per heavy atom. The van der Waals surface area contributed by atoms with Crippen LogP contribution in [0.25, 0.3) is 0 Å². The van der Waals surface area contributed by atoms with Gasteiger partial charge in [-0.25, -0.2) is 13.2 Å². The number of alkyl halides is 3. The quantitative estimate of drug-likeness (QED) is 0.594. The Morgan fingerprint density at radius 3 is 1.60 bits per heavy atom. The number of rotatable bonds is 3. The molecule has 0 aliphatic carbocycles. The van der Waals surface area contributed by atoms with E-state index in [9.17, 15) is 13.2 Å². The third-order valence-electron chi connectivity index (χ3n) is 0.664. The van der Waals surface area contributed by atoms with Gasteiger partial charge in [-0.2, -0.15) is 0 Å². The molecule has 0 rings (SSSR count). The van der Waals surface area contributed by atoms with E-state index in [1.54, 1.807) is 19.6 Å². The Hall–Kier alpha value is -0.0331. The zero-order valence-corrected chi connectivity index (χ0v) is 7.20. The molecular weight excluding hydrogens is 161 g/mol. The molecule has 0 bridgehead atoms. The number of hydrogen-bond acceptors (Lipinski definition) is 1. The lowest BCUT2D eigenvalue weighted by Crippen LogP contribution is -2.33. The van der Waals surface area contributed by atoms with Crippen LogP contribution in [0.3, 0.4) is 0 Å². The highest BCUT2D eigenvalue weighted by Crippen LogP contribution is 2.13. The molecule has 10 heavy (non-hydrogen) atoms. The summed E-state index contributed by atoms with van der Waals surface area (Å²) in [5, 5.41) is 0. The van der Waals surface area contributed by atoms with Crippen LogP contribution in [0.15, 0.2) is 0 Å². The topological polar surface area (TPSA) is 9.23 Å². The van der Waals surface area contributed by atoms with E-state index >= 15 is 0 Å². The van der Waals surface area contributed by atoms with Gasteiger partial charge < -0.3 is 4.43 Å². The fourth-order valence-corrected chi connectivity index (χ4v) is 1.17. The lowest BCUT2D eigenvalue weighted by molar-refractivity contribution is -0.0720. The highest BCUT2D eigenvalue weighted by atomic mass is 28.4. The molecule has 1 nitrogen and oxygen atoms in total. The van der Waals surface area contributed by atoms with Crippen molar-refractivity contribution in [3.05, 3.63) is 0 Å². The molecule has 0 spiro atoms.